The number of methoxy groups -OCH3 is 1. The molecule has 0 aliphatic heterocycles. The number of furan rings is 1. The second kappa shape index (κ2) is 7.05. The Morgan fingerprint density at radius 2 is 2.41 bits per heavy atom. The van der Waals surface area contributed by atoms with Gasteiger partial charge in [-0.1, -0.05) is 0 Å². The van der Waals surface area contributed by atoms with Crippen molar-refractivity contribution in [2.45, 2.75) is 13.0 Å². The first-order chi connectivity index (χ1) is 8.17. The van der Waals surface area contributed by atoms with Gasteiger partial charge in [0.05, 0.1) is 12.1 Å². The highest BCUT2D eigenvalue weighted by Crippen LogP contribution is 2.09. The summed E-state index contributed by atoms with van der Waals surface area (Å²) in [6.45, 7) is 2.30. The number of nitrogens with zero attached hydrogens (tertiary/aromatic N) is 1. The Morgan fingerprint density at radius 3 is 3.06 bits per heavy atom. The van der Waals surface area contributed by atoms with E-state index in [9.17, 15) is 4.79 Å². The first-order valence-corrected chi connectivity index (χ1v) is 5.43. The predicted octanol–water partition coefficient (Wildman–Crippen LogP) is 0.351. The van der Waals surface area contributed by atoms with Gasteiger partial charge in [-0.05, 0) is 19.5 Å². The number of ether oxygens (including phenoxy) is 1. The van der Waals surface area contributed by atoms with Gasteiger partial charge in [0.1, 0.15) is 12.0 Å². The zero-order chi connectivity index (χ0) is 12.7. The summed E-state index contributed by atoms with van der Waals surface area (Å²) >= 11 is 0. The van der Waals surface area contributed by atoms with Crippen LogP contribution in [0.2, 0.25) is 0 Å². The fourth-order valence-corrected chi connectivity index (χ4v) is 1.49. The fourth-order valence-electron chi connectivity index (χ4n) is 1.49. The van der Waals surface area contributed by atoms with Gasteiger partial charge in [0, 0.05) is 20.3 Å². The van der Waals surface area contributed by atoms with Gasteiger partial charge in [0.25, 0.3) is 5.91 Å². The lowest BCUT2D eigenvalue weighted by Gasteiger charge is -2.14. The van der Waals surface area contributed by atoms with E-state index in [-0.39, 0.29) is 5.91 Å². The first-order valence-electron chi connectivity index (χ1n) is 5.43. The van der Waals surface area contributed by atoms with Gasteiger partial charge >= 0.3 is 0 Å². The van der Waals surface area contributed by atoms with Crippen LogP contribution in [0.25, 0.3) is 0 Å². The van der Waals surface area contributed by atoms with E-state index in [1.54, 1.807) is 13.2 Å². The van der Waals surface area contributed by atoms with Crippen molar-refractivity contribution >= 4 is 5.91 Å². The fraction of sp³-hybridized carbons (Fsp3) is 0.545. The van der Waals surface area contributed by atoms with Crippen LogP contribution in [0, 0.1) is 0 Å². The Hall–Kier alpha value is -1.37. The summed E-state index contributed by atoms with van der Waals surface area (Å²) in [4.78, 5) is 13.3. The van der Waals surface area contributed by atoms with E-state index >= 15 is 0 Å². The number of hydrogen-bond acceptors (Lipinski definition) is 5. The number of nitrogen functional groups attached to an aromatic ring is 1. The number of carbonyl (C=O) groups excluding carboxylic acids is 1. The van der Waals surface area contributed by atoms with Crippen molar-refractivity contribution in [3.63, 3.8) is 0 Å². The molecule has 3 N–H and O–H groups in total. The Kier molecular flexibility index (Phi) is 5.68. The second-order valence-electron chi connectivity index (χ2n) is 3.86. The van der Waals surface area contributed by atoms with Crippen LogP contribution < -0.4 is 11.3 Å². The van der Waals surface area contributed by atoms with Crippen molar-refractivity contribution in [3.05, 3.63) is 23.7 Å². The van der Waals surface area contributed by atoms with Crippen molar-refractivity contribution in [3.8, 4) is 0 Å². The molecule has 0 saturated carbocycles. The third kappa shape index (κ3) is 4.56. The highest BCUT2D eigenvalue weighted by atomic mass is 16.5. The van der Waals surface area contributed by atoms with Crippen molar-refractivity contribution in [1.82, 2.24) is 10.3 Å². The zero-order valence-corrected chi connectivity index (χ0v) is 10.2. The Bertz CT molecular complexity index is 351. The summed E-state index contributed by atoms with van der Waals surface area (Å²) in [5.74, 6) is 5.42. The standard InChI is InChI=1S/C11H19N3O3/c1-14(4-3-5-16-2)7-10-6-9(8-17-10)11(15)13-12/h6,8H,3-5,7,12H2,1-2H3,(H,13,15). The molecule has 1 heterocycles. The maximum Gasteiger partial charge on any atom is 0.268 e. The largest absolute Gasteiger partial charge is 0.467 e. The average molecular weight is 241 g/mol. The molecule has 0 saturated heterocycles. The van der Waals surface area contributed by atoms with Crippen LogP contribution in [0.5, 0.6) is 0 Å². The molecule has 0 atom stereocenters. The number of rotatable bonds is 7. The number of hydrogen-bond donors (Lipinski definition) is 2. The smallest absolute Gasteiger partial charge is 0.268 e. The number of carbonyl (C=O) groups is 1. The highest BCUT2D eigenvalue weighted by molar-refractivity contribution is 5.93. The van der Waals surface area contributed by atoms with Crippen LogP contribution in [-0.4, -0.2) is 38.1 Å². The summed E-state index contributed by atoms with van der Waals surface area (Å²) in [7, 11) is 3.67. The SMILES string of the molecule is COCCCN(C)Cc1cc(C(=O)NN)co1. The molecule has 0 aliphatic rings. The molecule has 0 aromatic carbocycles. The summed E-state index contributed by atoms with van der Waals surface area (Å²) in [5.41, 5.74) is 2.50. The predicted molar refractivity (Wildman–Crippen MR) is 63.2 cm³/mol. The molecule has 0 bridgehead atoms. The van der Waals surface area contributed by atoms with Crippen LogP contribution in [-0.2, 0) is 11.3 Å². The summed E-state index contributed by atoms with van der Waals surface area (Å²) in [6, 6.07) is 1.69. The van der Waals surface area contributed by atoms with Gasteiger partial charge in [-0.3, -0.25) is 15.1 Å². The third-order valence-electron chi connectivity index (χ3n) is 2.36. The molecule has 6 heteroatoms. The molecule has 0 aliphatic carbocycles. The van der Waals surface area contributed by atoms with Crippen LogP contribution in [0.4, 0.5) is 0 Å². The lowest BCUT2D eigenvalue weighted by Crippen LogP contribution is -2.29. The minimum absolute atomic E-state index is 0.345. The van der Waals surface area contributed by atoms with Crippen molar-refractivity contribution < 1.29 is 13.9 Å². The Balaban J connectivity index is 2.40. The molecular weight excluding hydrogens is 222 g/mol. The van der Waals surface area contributed by atoms with Crippen LogP contribution >= 0.6 is 0 Å². The van der Waals surface area contributed by atoms with Crippen LogP contribution in [0.3, 0.4) is 0 Å². The monoisotopic (exact) mass is 241 g/mol. The van der Waals surface area contributed by atoms with Gasteiger partial charge in [-0.25, -0.2) is 5.84 Å². The maximum absolute atomic E-state index is 11.2. The quantitative estimate of drug-likeness (QED) is 0.311. The Labute approximate surface area is 101 Å². The van der Waals surface area contributed by atoms with Gasteiger partial charge < -0.3 is 9.15 Å². The van der Waals surface area contributed by atoms with E-state index < -0.39 is 0 Å². The molecule has 17 heavy (non-hydrogen) atoms. The van der Waals surface area contributed by atoms with Gasteiger partial charge in [0.15, 0.2) is 0 Å². The molecule has 0 unspecified atom stereocenters. The van der Waals surface area contributed by atoms with E-state index in [0.717, 1.165) is 25.3 Å². The number of hydrazine groups is 1. The van der Waals surface area contributed by atoms with E-state index in [1.807, 2.05) is 7.05 Å². The second-order valence-corrected chi connectivity index (χ2v) is 3.86. The minimum atomic E-state index is -0.345. The highest BCUT2D eigenvalue weighted by Gasteiger charge is 2.10. The van der Waals surface area contributed by atoms with E-state index in [4.69, 9.17) is 15.0 Å². The summed E-state index contributed by atoms with van der Waals surface area (Å²) in [6.07, 6.45) is 2.37. The van der Waals surface area contributed by atoms with E-state index in [1.165, 1.54) is 6.26 Å². The molecule has 0 fully saturated rings. The molecule has 1 rings (SSSR count). The summed E-state index contributed by atoms with van der Waals surface area (Å²) in [5, 5.41) is 0. The summed E-state index contributed by atoms with van der Waals surface area (Å²) < 4.78 is 10.3. The van der Waals surface area contributed by atoms with Gasteiger partial charge in [-0.15, -0.1) is 0 Å². The molecule has 96 valence electrons. The Morgan fingerprint density at radius 1 is 1.65 bits per heavy atom. The van der Waals surface area contributed by atoms with Crippen LogP contribution in [0.1, 0.15) is 22.5 Å². The normalized spacial score (nSPS) is 10.8. The molecule has 1 aromatic heterocycles. The lowest BCUT2D eigenvalue weighted by atomic mass is 10.3. The molecule has 0 radical (unpaired) electrons. The third-order valence-corrected chi connectivity index (χ3v) is 2.36. The molecule has 6 nitrogen and oxygen atoms in total. The number of nitrogens with two attached hydrogens (primary N) is 1. The van der Waals surface area contributed by atoms with E-state index in [2.05, 4.69) is 10.3 Å². The molecule has 1 aromatic rings. The molecule has 1 amide bonds. The maximum atomic E-state index is 11.2. The van der Waals surface area contributed by atoms with Crippen molar-refractivity contribution in [2.75, 3.05) is 27.3 Å². The van der Waals surface area contributed by atoms with E-state index in [0.29, 0.717) is 12.1 Å². The first kappa shape index (κ1) is 13.7. The lowest BCUT2D eigenvalue weighted by molar-refractivity contribution is 0.0953. The van der Waals surface area contributed by atoms with Gasteiger partial charge in [-0.2, -0.15) is 0 Å². The number of amides is 1. The molecule has 0 spiro atoms. The molecular formula is C11H19N3O3. The van der Waals surface area contributed by atoms with Crippen molar-refractivity contribution in [1.29, 1.82) is 0 Å². The topological polar surface area (TPSA) is 80.7 Å². The average Bonchev–Trinajstić information content (AvgIpc) is 2.77. The van der Waals surface area contributed by atoms with Crippen molar-refractivity contribution in [2.24, 2.45) is 5.84 Å². The minimum Gasteiger partial charge on any atom is -0.467 e. The van der Waals surface area contributed by atoms with Crippen LogP contribution in [0.15, 0.2) is 16.7 Å². The number of nitrogens with one attached hydrogen (secondary N) is 1. The van der Waals surface area contributed by atoms with Gasteiger partial charge in [0.2, 0.25) is 0 Å². The zero-order valence-electron chi connectivity index (χ0n) is 10.2.